The second-order valence-corrected chi connectivity index (χ2v) is 6.46. The van der Waals surface area contributed by atoms with Crippen molar-refractivity contribution in [2.45, 2.75) is 18.9 Å². The Labute approximate surface area is 140 Å². The highest BCUT2D eigenvalue weighted by Crippen LogP contribution is 2.19. The summed E-state index contributed by atoms with van der Waals surface area (Å²) < 4.78 is 5.14. The second-order valence-electron chi connectivity index (χ2n) is 4.90. The van der Waals surface area contributed by atoms with Gasteiger partial charge in [0.1, 0.15) is 0 Å². The number of aromatic nitrogens is 2. The number of nitrogens with zero attached hydrogens (tertiary/aromatic N) is 2. The van der Waals surface area contributed by atoms with Crippen LogP contribution in [0.4, 0.5) is 0 Å². The summed E-state index contributed by atoms with van der Waals surface area (Å²) >= 11 is 3.07. The zero-order valence-corrected chi connectivity index (χ0v) is 13.8. The predicted octanol–water partition coefficient (Wildman–Crippen LogP) is 2.64. The van der Waals surface area contributed by atoms with Gasteiger partial charge in [0.2, 0.25) is 17.6 Å². The number of amides is 1. The summed E-state index contributed by atoms with van der Waals surface area (Å²) in [5.74, 6) is 0.809. The lowest BCUT2D eigenvalue weighted by Crippen LogP contribution is -2.28. The summed E-state index contributed by atoms with van der Waals surface area (Å²) in [7, 11) is 0. The Morgan fingerprint density at radius 3 is 2.87 bits per heavy atom. The molecule has 3 rings (SSSR count). The summed E-state index contributed by atoms with van der Waals surface area (Å²) in [6.07, 6.45) is -0.0714. The zero-order valence-electron chi connectivity index (χ0n) is 12.1. The molecule has 3 aromatic rings. The van der Waals surface area contributed by atoms with E-state index in [0.29, 0.717) is 18.1 Å². The molecule has 0 bridgehead atoms. The highest BCUT2D eigenvalue weighted by atomic mass is 32.1. The second kappa shape index (κ2) is 7.49. The number of hydrogen-bond donors (Lipinski definition) is 2. The van der Waals surface area contributed by atoms with E-state index < -0.39 is 6.10 Å². The Hall–Kier alpha value is -2.03. The smallest absolute Gasteiger partial charge is 0.227 e. The van der Waals surface area contributed by atoms with Gasteiger partial charge in [0.25, 0.3) is 0 Å². The molecule has 6 nitrogen and oxygen atoms in total. The minimum atomic E-state index is -0.682. The highest BCUT2D eigenvalue weighted by molar-refractivity contribution is 7.08. The number of nitrogens with one attached hydrogen (secondary N) is 1. The van der Waals surface area contributed by atoms with Gasteiger partial charge in [-0.05, 0) is 33.8 Å². The van der Waals surface area contributed by atoms with Gasteiger partial charge in [-0.2, -0.15) is 27.7 Å². The molecule has 3 heterocycles. The van der Waals surface area contributed by atoms with E-state index in [1.54, 1.807) is 11.3 Å². The molecule has 8 heteroatoms. The Morgan fingerprint density at radius 2 is 2.13 bits per heavy atom. The van der Waals surface area contributed by atoms with Gasteiger partial charge in [0.05, 0.1) is 6.10 Å². The third kappa shape index (κ3) is 4.25. The first-order valence-electron chi connectivity index (χ1n) is 7.04. The van der Waals surface area contributed by atoms with E-state index >= 15 is 0 Å². The quantitative estimate of drug-likeness (QED) is 0.684. The number of rotatable bonds is 7. The van der Waals surface area contributed by atoms with Crippen LogP contribution >= 0.6 is 22.7 Å². The molecule has 3 aromatic heterocycles. The van der Waals surface area contributed by atoms with E-state index in [9.17, 15) is 9.90 Å². The molecular formula is C15H15N3O3S2. The van der Waals surface area contributed by atoms with Gasteiger partial charge in [-0.1, -0.05) is 5.16 Å². The SMILES string of the molecule is O=C(CCc1nc(-c2ccsc2)no1)NCC(O)c1ccsc1. The lowest BCUT2D eigenvalue weighted by atomic mass is 10.2. The van der Waals surface area contributed by atoms with E-state index in [1.165, 1.54) is 11.3 Å². The van der Waals surface area contributed by atoms with E-state index in [-0.39, 0.29) is 18.9 Å². The number of aliphatic hydroxyl groups excluding tert-OH is 1. The predicted molar refractivity (Wildman–Crippen MR) is 88.2 cm³/mol. The molecule has 0 aliphatic carbocycles. The maximum absolute atomic E-state index is 11.8. The number of thiophene rings is 2. The van der Waals surface area contributed by atoms with Crippen LogP contribution in [0, 0.1) is 0 Å². The molecule has 0 fully saturated rings. The van der Waals surface area contributed by atoms with Gasteiger partial charge in [0.15, 0.2) is 0 Å². The number of hydrogen-bond acceptors (Lipinski definition) is 7. The molecule has 1 amide bonds. The summed E-state index contributed by atoms with van der Waals surface area (Å²) in [6, 6.07) is 3.75. The monoisotopic (exact) mass is 349 g/mol. The molecule has 2 N–H and O–H groups in total. The van der Waals surface area contributed by atoms with Crippen molar-refractivity contribution in [3.63, 3.8) is 0 Å². The standard InChI is InChI=1S/C15H15N3O3S2/c19-12(10-3-5-22-8-10)7-16-13(20)1-2-14-17-15(18-21-14)11-4-6-23-9-11/h3-6,8-9,12,19H,1-2,7H2,(H,16,20). The van der Waals surface area contributed by atoms with E-state index in [4.69, 9.17) is 4.52 Å². The fraction of sp³-hybridized carbons (Fsp3) is 0.267. The van der Waals surface area contributed by atoms with Crippen molar-refractivity contribution < 1.29 is 14.4 Å². The summed E-state index contributed by atoms with van der Waals surface area (Å²) in [5.41, 5.74) is 1.72. The molecule has 0 saturated carbocycles. The molecule has 0 aliphatic rings. The molecule has 0 aliphatic heterocycles. The van der Waals surface area contributed by atoms with Crippen LogP contribution in [0.3, 0.4) is 0 Å². The summed E-state index contributed by atoms with van der Waals surface area (Å²) in [4.78, 5) is 16.1. The third-order valence-electron chi connectivity index (χ3n) is 3.23. The van der Waals surface area contributed by atoms with Gasteiger partial charge in [-0.25, -0.2) is 0 Å². The van der Waals surface area contributed by atoms with Gasteiger partial charge >= 0.3 is 0 Å². The van der Waals surface area contributed by atoms with Crippen LogP contribution in [-0.2, 0) is 11.2 Å². The number of aliphatic hydroxyl groups is 1. The zero-order chi connectivity index (χ0) is 16.1. The van der Waals surface area contributed by atoms with Gasteiger partial charge in [-0.15, -0.1) is 0 Å². The van der Waals surface area contributed by atoms with Gasteiger partial charge in [-0.3, -0.25) is 4.79 Å². The molecule has 0 radical (unpaired) electrons. The number of carbonyl (C=O) groups excluding carboxylic acids is 1. The van der Waals surface area contributed by atoms with Crippen LogP contribution in [0.15, 0.2) is 38.2 Å². The Bertz CT molecular complexity index is 738. The molecular weight excluding hydrogens is 334 g/mol. The van der Waals surface area contributed by atoms with Gasteiger partial charge in [0, 0.05) is 30.3 Å². The van der Waals surface area contributed by atoms with Crippen LogP contribution in [0.1, 0.15) is 24.0 Å². The maximum atomic E-state index is 11.8. The molecule has 1 atom stereocenters. The van der Waals surface area contributed by atoms with E-state index in [2.05, 4.69) is 15.5 Å². The fourth-order valence-electron chi connectivity index (χ4n) is 1.97. The maximum Gasteiger partial charge on any atom is 0.227 e. The van der Waals surface area contributed by atoms with Crippen molar-refractivity contribution >= 4 is 28.6 Å². The van der Waals surface area contributed by atoms with Crippen LogP contribution < -0.4 is 5.32 Å². The molecule has 23 heavy (non-hydrogen) atoms. The van der Waals surface area contributed by atoms with E-state index in [1.807, 2.05) is 33.7 Å². The lowest BCUT2D eigenvalue weighted by Gasteiger charge is -2.09. The van der Waals surface area contributed by atoms with Crippen molar-refractivity contribution in [2.75, 3.05) is 6.54 Å². The van der Waals surface area contributed by atoms with Crippen LogP contribution in [0.2, 0.25) is 0 Å². The summed E-state index contributed by atoms with van der Waals surface area (Å²) in [6.45, 7) is 0.194. The van der Waals surface area contributed by atoms with Crippen LogP contribution in [0.25, 0.3) is 11.4 Å². The number of carbonyl (C=O) groups is 1. The van der Waals surface area contributed by atoms with Gasteiger partial charge < -0.3 is 14.9 Å². The van der Waals surface area contributed by atoms with Crippen molar-refractivity contribution in [2.24, 2.45) is 0 Å². The van der Waals surface area contributed by atoms with Crippen molar-refractivity contribution in [1.82, 2.24) is 15.5 Å². The normalized spacial score (nSPS) is 12.2. The average Bonchev–Trinajstić information content (AvgIpc) is 3.32. The fourth-order valence-corrected chi connectivity index (χ4v) is 3.31. The van der Waals surface area contributed by atoms with Crippen molar-refractivity contribution in [1.29, 1.82) is 0 Å². The third-order valence-corrected chi connectivity index (χ3v) is 4.62. The highest BCUT2D eigenvalue weighted by Gasteiger charge is 2.13. The van der Waals surface area contributed by atoms with Crippen molar-refractivity contribution in [3.8, 4) is 11.4 Å². The first-order valence-corrected chi connectivity index (χ1v) is 8.93. The number of aryl methyl sites for hydroxylation is 1. The lowest BCUT2D eigenvalue weighted by molar-refractivity contribution is -0.121. The molecule has 0 aromatic carbocycles. The largest absolute Gasteiger partial charge is 0.387 e. The molecule has 120 valence electrons. The minimum absolute atomic E-state index is 0.158. The molecule has 0 saturated heterocycles. The van der Waals surface area contributed by atoms with Crippen LogP contribution in [-0.4, -0.2) is 27.7 Å². The first kappa shape index (κ1) is 15.9. The minimum Gasteiger partial charge on any atom is -0.387 e. The Morgan fingerprint density at radius 1 is 1.30 bits per heavy atom. The summed E-state index contributed by atoms with van der Waals surface area (Å²) in [5, 5.41) is 24.1. The molecule has 1 unspecified atom stereocenters. The van der Waals surface area contributed by atoms with E-state index in [0.717, 1.165) is 11.1 Å². The van der Waals surface area contributed by atoms with Crippen LogP contribution in [0.5, 0.6) is 0 Å². The molecule has 0 spiro atoms. The van der Waals surface area contributed by atoms with Crippen molar-refractivity contribution in [3.05, 3.63) is 45.1 Å². The Kier molecular flexibility index (Phi) is 5.16. The topological polar surface area (TPSA) is 88.2 Å². The average molecular weight is 349 g/mol. The Balaban J connectivity index is 1.44. The first-order chi connectivity index (χ1) is 11.2.